The fourth-order valence-corrected chi connectivity index (χ4v) is 5.58. The lowest BCUT2D eigenvalue weighted by Crippen LogP contribution is -2.41. The van der Waals surface area contributed by atoms with Crippen molar-refractivity contribution in [2.24, 2.45) is 0 Å². The number of aryl methyl sites for hydroxylation is 1. The van der Waals surface area contributed by atoms with Crippen molar-refractivity contribution in [1.82, 2.24) is 19.3 Å². The first-order chi connectivity index (χ1) is 17.0. The van der Waals surface area contributed by atoms with Crippen LogP contribution in [0.3, 0.4) is 0 Å². The predicted molar refractivity (Wildman–Crippen MR) is 146 cm³/mol. The number of benzene rings is 1. The van der Waals surface area contributed by atoms with Gasteiger partial charge in [-0.2, -0.15) is 0 Å². The van der Waals surface area contributed by atoms with Gasteiger partial charge in [-0.25, -0.2) is 9.78 Å². The molecule has 6 heteroatoms. The Kier molecular flexibility index (Phi) is 6.09. The van der Waals surface area contributed by atoms with E-state index in [1.54, 1.807) is 0 Å². The van der Waals surface area contributed by atoms with Crippen LogP contribution in [-0.2, 0) is 4.74 Å². The number of H-pyrrole nitrogens is 1. The van der Waals surface area contributed by atoms with Crippen molar-refractivity contribution >= 4 is 22.6 Å². The van der Waals surface area contributed by atoms with Gasteiger partial charge in [-0.15, -0.1) is 0 Å². The molecule has 190 valence electrons. The summed E-state index contributed by atoms with van der Waals surface area (Å²) in [5, 5.41) is 1.30. The summed E-state index contributed by atoms with van der Waals surface area (Å²) in [6.07, 6.45) is 7.79. The third-order valence-electron chi connectivity index (χ3n) is 7.57. The van der Waals surface area contributed by atoms with Gasteiger partial charge in [0.15, 0.2) is 0 Å². The summed E-state index contributed by atoms with van der Waals surface area (Å²) in [7, 11) is 0. The minimum absolute atomic E-state index is 0.200. The molecule has 0 atom stereocenters. The Bertz CT molecular complexity index is 1430. The number of carbonyl (C=O) groups is 1. The number of piperidine rings is 1. The molecule has 3 aromatic heterocycles. The van der Waals surface area contributed by atoms with Crippen LogP contribution in [0, 0.1) is 13.8 Å². The number of carbonyl (C=O) groups excluding carboxylic acids is 1. The molecular formula is C30H38N4O2. The van der Waals surface area contributed by atoms with E-state index >= 15 is 0 Å². The van der Waals surface area contributed by atoms with Gasteiger partial charge in [0.2, 0.25) is 0 Å². The second kappa shape index (κ2) is 8.99. The quantitative estimate of drug-likeness (QED) is 0.330. The fraction of sp³-hybridized carbons (Fsp3) is 0.467. The third kappa shape index (κ3) is 4.38. The lowest BCUT2D eigenvalue weighted by Gasteiger charge is -2.33. The lowest BCUT2D eigenvalue weighted by molar-refractivity contribution is 0.0205. The van der Waals surface area contributed by atoms with E-state index in [9.17, 15) is 4.79 Å². The second-order valence-corrected chi connectivity index (χ2v) is 11.6. The summed E-state index contributed by atoms with van der Waals surface area (Å²) >= 11 is 0. The molecule has 36 heavy (non-hydrogen) atoms. The monoisotopic (exact) mass is 486 g/mol. The number of aromatic nitrogens is 3. The van der Waals surface area contributed by atoms with Crippen LogP contribution in [0.2, 0.25) is 0 Å². The van der Waals surface area contributed by atoms with E-state index in [2.05, 4.69) is 66.5 Å². The molecule has 6 nitrogen and oxygen atoms in total. The maximum Gasteiger partial charge on any atom is 0.410 e. The van der Waals surface area contributed by atoms with E-state index in [4.69, 9.17) is 4.74 Å². The van der Waals surface area contributed by atoms with Crippen LogP contribution in [0.25, 0.3) is 27.8 Å². The number of ether oxygens (including phenoxy) is 1. The minimum Gasteiger partial charge on any atom is -0.444 e. The Hall–Kier alpha value is -3.28. The third-order valence-corrected chi connectivity index (χ3v) is 7.57. The average Bonchev–Trinajstić information content (AvgIpc) is 3.44. The highest BCUT2D eigenvalue weighted by molar-refractivity contribution is 5.92. The average molecular weight is 487 g/mol. The number of likely N-dealkylation sites (tertiary alicyclic amines) is 1. The molecule has 1 saturated heterocycles. The lowest BCUT2D eigenvalue weighted by atomic mass is 9.87. The number of pyridine rings is 1. The molecule has 5 rings (SSSR count). The van der Waals surface area contributed by atoms with E-state index < -0.39 is 5.60 Å². The van der Waals surface area contributed by atoms with Gasteiger partial charge < -0.3 is 19.0 Å². The van der Waals surface area contributed by atoms with Gasteiger partial charge in [0.1, 0.15) is 11.2 Å². The molecule has 4 heterocycles. The molecule has 1 amide bonds. The number of rotatable bonds is 3. The normalized spacial score (nSPS) is 15.4. The van der Waals surface area contributed by atoms with Crippen LogP contribution in [-0.4, -0.2) is 44.1 Å². The van der Waals surface area contributed by atoms with E-state index in [1.165, 1.54) is 44.4 Å². The Morgan fingerprint density at radius 3 is 2.53 bits per heavy atom. The Morgan fingerprint density at radius 1 is 1.14 bits per heavy atom. The largest absolute Gasteiger partial charge is 0.444 e. The van der Waals surface area contributed by atoms with Gasteiger partial charge >= 0.3 is 6.09 Å². The van der Waals surface area contributed by atoms with E-state index in [0.717, 1.165) is 31.6 Å². The Balaban J connectivity index is 1.47. The summed E-state index contributed by atoms with van der Waals surface area (Å²) < 4.78 is 7.70. The molecule has 1 aromatic carbocycles. The highest BCUT2D eigenvalue weighted by Crippen LogP contribution is 2.40. The van der Waals surface area contributed by atoms with Gasteiger partial charge in [0.25, 0.3) is 0 Å². The minimum atomic E-state index is -0.461. The second-order valence-electron chi connectivity index (χ2n) is 11.6. The molecule has 0 bridgehead atoms. The number of fused-ring (bicyclic) bond motifs is 2. The predicted octanol–water partition coefficient (Wildman–Crippen LogP) is 7.34. The van der Waals surface area contributed by atoms with Crippen LogP contribution in [0.15, 0.2) is 36.8 Å². The highest BCUT2D eigenvalue weighted by Gasteiger charge is 2.28. The topological polar surface area (TPSA) is 62.6 Å². The SMILES string of the molecule is Cc1c(-c2[nH]c3ccc(C4CCN(C(=O)OC(C)(C)C)CC4)cc3c2C(C)C)cn2ccnc2c1C. The van der Waals surface area contributed by atoms with Crippen LogP contribution in [0.5, 0.6) is 0 Å². The van der Waals surface area contributed by atoms with Crippen LogP contribution in [0.4, 0.5) is 4.79 Å². The van der Waals surface area contributed by atoms with Gasteiger partial charge in [0.05, 0.1) is 5.69 Å². The van der Waals surface area contributed by atoms with Crippen molar-refractivity contribution in [1.29, 1.82) is 0 Å². The first-order valence-corrected chi connectivity index (χ1v) is 13.1. The van der Waals surface area contributed by atoms with Gasteiger partial charge in [-0.3, -0.25) is 0 Å². The number of nitrogens with one attached hydrogen (secondary N) is 1. The smallest absolute Gasteiger partial charge is 0.410 e. The molecule has 1 aliphatic rings. The molecule has 1 N–H and O–H groups in total. The van der Waals surface area contributed by atoms with Crippen LogP contribution >= 0.6 is 0 Å². The summed E-state index contributed by atoms with van der Waals surface area (Å²) in [5.74, 6) is 0.814. The standard InChI is InChI=1S/C30H38N4O2/c1-18(2)26-23-16-22(21-10-13-33(14-11-21)29(35)36-30(5,6)7)8-9-25(23)32-27(26)24-17-34-15-12-31-28(34)20(4)19(24)3/h8-9,12,15-18,21,32H,10-11,13-14H2,1-7H3. The van der Waals surface area contributed by atoms with Gasteiger partial charge in [-0.05, 0) is 93.7 Å². The van der Waals surface area contributed by atoms with Crippen molar-refractivity contribution in [3.05, 3.63) is 59.0 Å². The molecule has 0 radical (unpaired) electrons. The summed E-state index contributed by atoms with van der Waals surface area (Å²) in [6.45, 7) is 16.1. The molecule has 1 fully saturated rings. The zero-order valence-corrected chi connectivity index (χ0v) is 22.6. The van der Waals surface area contributed by atoms with Gasteiger partial charge in [0, 0.05) is 48.1 Å². The summed E-state index contributed by atoms with van der Waals surface area (Å²) in [6, 6.07) is 6.88. The van der Waals surface area contributed by atoms with E-state index in [1.807, 2.05) is 38.1 Å². The molecular weight excluding hydrogens is 448 g/mol. The summed E-state index contributed by atoms with van der Waals surface area (Å²) in [5.41, 5.74) is 9.34. The van der Waals surface area contributed by atoms with E-state index in [-0.39, 0.29) is 6.09 Å². The van der Waals surface area contributed by atoms with Crippen molar-refractivity contribution in [2.75, 3.05) is 13.1 Å². The van der Waals surface area contributed by atoms with Crippen molar-refractivity contribution < 1.29 is 9.53 Å². The molecule has 0 unspecified atom stereocenters. The highest BCUT2D eigenvalue weighted by atomic mass is 16.6. The Labute approximate surface area is 213 Å². The summed E-state index contributed by atoms with van der Waals surface area (Å²) in [4.78, 5) is 22.6. The molecule has 0 spiro atoms. The number of nitrogens with zero attached hydrogens (tertiary/aromatic N) is 3. The van der Waals surface area contributed by atoms with Crippen LogP contribution < -0.4 is 0 Å². The number of hydrogen-bond acceptors (Lipinski definition) is 3. The number of aromatic amines is 1. The molecule has 4 aromatic rings. The van der Waals surface area contributed by atoms with E-state index in [0.29, 0.717) is 11.8 Å². The van der Waals surface area contributed by atoms with Crippen molar-refractivity contribution in [3.63, 3.8) is 0 Å². The molecule has 1 aliphatic heterocycles. The fourth-order valence-electron chi connectivity index (χ4n) is 5.58. The maximum absolute atomic E-state index is 12.5. The zero-order valence-electron chi connectivity index (χ0n) is 22.6. The van der Waals surface area contributed by atoms with Crippen molar-refractivity contribution in [3.8, 4) is 11.3 Å². The van der Waals surface area contributed by atoms with Crippen molar-refractivity contribution in [2.45, 2.75) is 78.7 Å². The maximum atomic E-state index is 12.5. The first-order valence-electron chi connectivity index (χ1n) is 13.1. The first kappa shape index (κ1) is 24.4. The zero-order chi connectivity index (χ0) is 25.8. The number of imidazole rings is 1. The Morgan fingerprint density at radius 2 is 1.86 bits per heavy atom. The number of amides is 1. The molecule has 0 aliphatic carbocycles. The van der Waals surface area contributed by atoms with Gasteiger partial charge in [-0.1, -0.05) is 19.9 Å². The number of hydrogen-bond donors (Lipinski definition) is 1. The van der Waals surface area contributed by atoms with Crippen LogP contribution in [0.1, 0.15) is 81.5 Å². The molecule has 0 saturated carbocycles.